The molecule has 5 heteroatoms. The Morgan fingerprint density at radius 2 is 1.62 bits per heavy atom. The Labute approximate surface area is 171 Å². The van der Waals surface area contributed by atoms with Crippen molar-refractivity contribution in [3.05, 3.63) is 65.9 Å². The van der Waals surface area contributed by atoms with Crippen LogP contribution in [0.4, 0.5) is 5.69 Å². The first-order valence-electron chi connectivity index (χ1n) is 10.1. The number of H-pyrrole nitrogens is 1. The smallest absolute Gasteiger partial charge is 0.247 e. The molecule has 2 amide bonds. The number of carbonyl (C=O) groups is 2. The quantitative estimate of drug-likeness (QED) is 0.550. The molecule has 1 heterocycles. The van der Waals surface area contributed by atoms with Crippen molar-refractivity contribution in [1.29, 1.82) is 0 Å². The van der Waals surface area contributed by atoms with Crippen LogP contribution in [0.25, 0.3) is 10.9 Å². The van der Waals surface area contributed by atoms with Gasteiger partial charge in [-0.3, -0.25) is 9.59 Å². The summed E-state index contributed by atoms with van der Waals surface area (Å²) in [5, 5.41) is 6.91. The lowest BCUT2D eigenvalue weighted by Gasteiger charge is -2.20. The largest absolute Gasteiger partial charge is 0.361 e. The van der Waals surface area contributed by atoms with Gasteiger partial charge in [0.05, 0.1) is 0 Å². The summed E-state index contributed by atoms with van der Waals surface area (Å²) in [6.45, 7) is 7.90. The number of anilines is 1. The van der Waals surface area contributed by atoms with E-state index in [-0.39, 0.29) is 17.7 Å². The fourth-order valence-electron chi connectivity index (χ4n) is 3.25. The Bertz CT molecular complexity index is 987. The van der Waals surface area contributed by atoms with Gasteiger partial charge in [0.25, 0.3) is 0 Å². The number of aromatic amines is 1. The number of aromatic nitrogens is 1. The van der Waals surface area contributed by atoms with E-state index in [0.29, 0.717) is 12.3 Å². The number of rotatable bonds is 7. The van der Waals surface area contributed by atoms with E-state index >= 15 is 0 Å². The van der Waals surface area contributed by atoms with Crippen LogP contribution in [-0.2, 0) is 16.0 Å². The Morgan fingerprint density at radius 3 is 2.28 bits per heavy atom. The van der Waals surface area contributed by atoms with Gasteiger partial charge in [-0.05, 0) is 35.2 Å². The highest BCUT2D eigenvalue weighted by Crippen LogP contribution is 2.21. The van der Waals surface area contributed by atoms with Crippen LogP contribution in [0, 0.1) is 5.92 Å². The van der Waals surface area contributed by atoms with Crippen molar-refractivity contribution in [3.8, 4) is 0 Å². The molecule has 1 atom stereocenters. The number of amides is 2. The van der Waals surface area contributed by atoms with Crippen LogP contribution in [0.2, 0.25) is 0 Å². The molecule has 0 fully saturated rings. The number of nitrogens with one attached hydrogen (secondary N) is 3. The molecule has 1 aromatic heterocycles. The van der Waals surface area contributed by atoms with Gasteiger partial charge in [-0.25, -0.2) is 0 Å². The fourth-order valence-corrected chi connectivity index (χ4v) is 3.25. The molecule has 0 spiro atoms. The van der Waals surface area contributed by atoms with Gasteiger partial charge in [-0.2, -0.15) is 0 Å². The van der Waals surface area contributed by atoms with Gasteiger partial charge in [-0.1, -0.05) is 58.0 Å². The first-order chi connectivity index (χ1) is 13.8. The van der Waals surface area contributed by atoms with Crippen molar-refractivity contribution in [2.45, 2.75) is 46.1 Å². The van der Waals surface area contributed by atoms with Crippen LogP contribution >= 0.6 is 0 Å². The maximum atomic E-state index is 13.0. The highest BCUT2D eigenvalue weighted by Gasteiger charge is 2.24. The van der Waals surface area contributed by atoms with Gasteiger partial charge in [0, 0.05) is 35.1 Å². The minimum Gasteiger partial charge on any atom is -0.361 e. The number of fused-ring (bicyclic) bond motifs is 1. The molecule has 1 unspecified atom stereocenters. The Hall–Kier alpha value is -3.08. The van der Waals surface area contributed by atoms with E-state index in [0.717, 1.165) is 22.2 Å². The highest BCUT2D eigenvalue weighted by molar-refractivity contribution is 5.98. The first kappa shape index (κ1) is 20.6. The van der Waals surface area contributed by atoms with Gasteiger partial charge in [0.1, 0.15) is 6.04 Å². The van der Waals surface area contributed by atoms with Crippen LogP contribution in [0.5, 0.6) is 0 Å². The molecule has 2 aromatic carbocycles. The molecule has 0 aliphatic heterocycles. The minimum absolute atomic E-state index is 0.139. The third-order valence-corrected chi connectivity index (χ3v) is 5.10. The van der Waals surface area contributed by atoms with E-state index in [1.807, 2.05) is 68.6 Å². The van der Waals surface area contributed by atoms with Crippen molar-refractivity contribution < 1.29 is 9.59 Å². The normalized spacial score (nSPS) is 12.3. The summed E-state index contributed by atoms with van der Waals surface area (Å²) in [6, 6.07) is 15.1. The summed E-state index contributed by atoms with van der Waals surface area (Å²) in [7, 11) is 0. The third kappa shape index (κ3) is 5.05. The molecular formula is C24H29N3O2. The molecule has 152 valence electrons. The summed E-state index contributed by atoms with van der Waals surface area (Å²) < 4.78 is 0. The molecule has 0 bridgehead atoms. The summed E-state index contributed by atoms with van der Waals surface area (Å²) >= 11 is 0. The Morgan fingerprint density at radius 1 is 0.931 bits per heavy atom. The topological polar surface area (TPSA) is 74.0 Å². The number of para-hydroxylation sites is 1. The van der Waals surface area contributed by atoms with Crippen LogP contribution < -0.4 is 10.6 Å². The summed E-state index contributed by atoms with van der Waals surface area (Å²) in [5.74, 6) is -0.125. The average molecular weight is 392 g/mol. The average Bonchev–Trinajstić information content (AvgIpc) is 3.10. The highest BCUT2D eigenvalue weighted by atomic mass is 16.2. The van der Waals surface area contributed by atoms with Crippen molar-refractivity contribution >= 4 is 28.4 Å². The summed E-state index contributed by atoms with van der Waals surface area (Å²) in [6.07, 6.45) is 2.32. The fraction of sp³-hybridized carbons (Fsp3) is 0.333. The zero-order valence-corrected chi connectivity index (χ0v) is 17.5. The van der Waals surface area contributed by atoms with Crippen LogP contribution in [0.1, 0.15) is 44.7 Å². The van der Waals surface area contributed by atoms with Crippen LogP contribution in [0.15, 0.2) is 54.7 Å². The lowest BCUT2D eigenvalue weighted by Crippen LogP contribution is -2.46. The van der Waals surface area contributed by atoms with Crippen LogP contribution in [-0.4, -0.2) is 22.8 Å². The molecule has 0 aliphatic rings. The van der Waals surface area contributed by atoms with E-state index < -0.39 is 6.04 Å². The van der Waals surface area contributed by atoms with Gasteiger partial charge in [0.2, 0.25) is 11.8 Å². The van der Waals surface area contributed by atoms with Crippen molar-refractivity contribution in [3.63, 3.8) is 0 Å². The second-order valence-corrected chi connectivity index (χ2v) is 8.05. The number of hydrogen-bond donors (Lipinski definition) is 3. The molecule has 3 rings (SSSR count). The van der Waals surface area contributed by atoms with Crippen molar-refractivity contribution in [2.75, 3.05) is 5.32 Å². The van der Waals surface area contributed by atoms with Gasteiger partial charge in [-0.15, -0.1) is 0 Å². The predicted octanol–water partition coefficient (Wildman–Crippen LogP) is 4.61. The first-order valence-corrected chi connectivity index (χ1v) is 10.1. The Kier molecular flexibility index (Phi) is 6.37. The maximum Gasteiger partial charge on any atom is 0.247 e. The zero-order chi connectivity index (χ0) is 21.0. The summed E-state index contributed by atoms with van der Waals surface area (Å²) in [4.78, 5) is 28.6. The standard InChI is InChI=1S/C24H29N3O2/c1-15(2)17-9-11-19(12-10-17)26-24(29)22(27-23(28)16(3)4)13-18-14-25-21-8-6-5-7-20(18)21/h5-12,14-16,22,25H,13H2,1-4H3,(H,26,29)(H,27,28). The molecule has 29 heavy (non-hydrogen) atoms. The molecule has 3 N–H and O–H groups in total. The van der Waals surface area contributed by atoms with Crippen molar-refractivity contribution in [1.82, 2.24) is 10.3 Å². The van der Waals surface area contributed by atoms with Gasteiger partial charge < -0.3 is 15.6 Å². The van der Waals surface area contributed by atoms with E-state index in [1.165, 1.54) is 5.56 Å². The molecule has 0 saturated heterocycles. The number of hydrogen-bond acceptors (Lipinski definition) is 2. The maximum absolute atomic E-state index is 13.0. The van der Waals surface area contributed by atoms with E-state index in [1.54, 1.807) is 0 Å². The summed E-state index contributed by atoms with van der Waals surface area (Å²) in [5.41, 5.74) is 3.95. The molecule has 0 saturated carbocycles. The SMILES string of the molecule is CC(C)C(=O)NC(Cc1c[nH]c2ccccc12)C(=O)Nc1ccc(C(C)C)cc1. The monoisotopic (exact) mass is 391 g/mol. The van der Waals surface area contributed by atoms with E-state index in [2.05, 4.69) is 29.5 Å². The van der Waals surface area contributed by atoms with Crippen molar-refractivity contribution in [2.24, 2.45) is 5.92 Å². The lowest BCUT2D eigenvalue weighted by molar-refractivity contribution is -0.128. The van der Waals surface area contributed by atoms with Crippen LogP contribution in [0.3, 0.4) is 0 Å². The molecular weight excluding hydrogens is 362 g/mol. The van der Waals surface area contributed by atoms with Gasteiger partial charge >= 0.3 is 0 Å². The number of carbonyl (C=O) groups excluding carboxylic acids is 2. The van der Waals surface area contributed by atoms with E-state index in [4.69, 9.17) is 0 Å². The third-order valence-electron chi connectivity index (χ3n) is 5.10. The Balaban J connectivity index is 1.80. The van der Waals surface area contributed by atoms with Gasteiger partial charge in [0.15, 0.2) is 0 Å². The zero-order valence-electron chi connectivity index (χ0n) is 17.5. The molecule has 0 aliphatic carbocycles. The molecule has 3 aromatic rings. The number of benzene rings is 2. The lowest BCUT2D eigenvalue weighted by atomic mass is 10.0. The predicted molar refractivity (Wildman–Crippen MR) is 118 cm³/mol. The molecule has 0 radical (unpaired) electrons. The van der Waals surface area contributed by atoms with E-state index in [9.17, 15) is 9.59 Å². The minimum atomic E-state index is -0.658. The second-order valence-electron chi connectivity index (χ2n) is 8.05. The second kappa shape index (κ2) is 8.95. The molecule has 5 nitrogen and oxygen atoms in total.